The molecule has 3 heteroatoms. The van der Waals surface area contributed by atoms with Crippen molar-refractivity contribution in [3.8, 4) is 11.3 Å². The molecule has 4 rings (SSSR count). The van der Waals surface area contributed by atoms with E-state index in [2.05, 4.69) is 72.0 Å². The van der Waals surface area contributed by atoms with Gasteiger partial charge in [-0.2, -0.15) is 0 Å². The fraction of sp³-hybridized carbons (Fsp3) is 0.118. The largest absolute Gasteiger partial charge is 0.247 e. The normalized spacial score (nSPS) is 13.1. The predicted octanol–water partition coefficient (Wildman–Crippen LogP) is 5.42. The highest BCUT2D eigenvalue weighted by molar-refractivity contribution is 14.1. The molecule has 1 nitrogen and oxygen atoms in total. The maximum Gasteiger partial charge on any atom is 0.0761 e. The van der Waals surface area contributed by atoms with Crippen LogP contribution in [0.25, 0.3) is 22.2 Å². The van der Waals surface area contributed by atoms with Gasteiger partial charge < -0.3 is 0 Å². The Morgan fingerprint density at radius 2 is 2.00 bits per heavy atom. The summed E-state index contributed by atoms with van der Waals surface area (Å²) in [5.74, 6) is 1.01. The second-order valence-electron chi connectivity index (χ2n) is 5.12. The number of rotatable bonds is 0. The van der Waals surface area contributed by atoms with Crippen molar-refractivity contribution in [3.05, 3.63) is 57.2 Å². The smallest absolute Gasteiger partial charge is 0.0761 e. The zero-order chi connectivity index (χ0) is 13.7. The number of hydrogen-bond donors (Lipinski definition) is 0. The molecule has 0 aliphatic carbocycles. The second-order valence-corrected chi connectivity index (χ2v) is 7.38. The highest BCUT2D eigenvalue weighted by Crippen LogP contribution is 2.41. The molecule has 2 heterocycles. The number of aryl methyl sites for hydroxylation is 1. The van der Waals surface area contributed by atoms with Gasteiger partial charge in [0.25, 0.3) is 0 Å². The molecule has 98 valence electrons. The zero-order valence-corrected chi connectivity index (χ0v) is 14.0. The fourth-order valence-electron chi connectivity index (χ4n) is 2.64. The van der Waals surface area contributed by atoms with E-state index in [4.69, 9.17) is 4.98 Å². The summed E-state index contributed by atoms with van der Waals surface area (Å²) in [6, 6.07) is 15.4. The number of thioether (sulfide) groups is 1. The minimum absolute atomic E-state index is 1.01. The van der Waals surface area contributed by atoms with E-state index in [0.29, 0.717) is 0 Å². The van der Waals surface area contributed by atoms with Gasteiger partial charge in [0.1, 0.15) is 0 Å². The van der Waals surface area contributed by atoms with Crippen molar-refractivity contribution < 1.29 is 0 Å². The van der Waals surface area contributed by atoms with Gasteiger partial charge in [-0.15, -0.1) is 11.8 Å². The van der Waals surface area contributed by atoms with Crippen molar-refractivity contribution in [2.75, 3.05) is 0 Å². The van der Waals surface area contributed by atoms with E-state index in [1.165, 1.54) is 30.5 Å². The molecule has 0 bridgehead atoms. The van der Waals surface area contributed by atoms with E-state index in [0.717, 1.165) is 17.0 Å². The highest BCUT2D eigenvalue weighted by atomic mass is 127. The van der Waals surface area contributed by atoms with Crippen LogP contribution in [0.1, 0.15) is 11.1 Å². The Bertz CT molecular complexity index is 842. The van der Waals surface area contributed by atoms with E-state index in [-0.39, 0.29) is 0 Å². The van der Waals surface area contributed by atoms with Crippen molar-refractivity contribution in [1.82, 2.24) is 4.98 Å². The van der Waals surface area contributed by atoms with Crippen molar-refractivity contribution in [2.45, 2.75) is 17.6 Å². The second kappa shape index (κ2) is 4.74. The third kappa shape index (κ3) is 2.04. The molecule has 0 saturated heterocycles. The molecule has 0 amide bonds. The molecule has 0 fully saturated rings. The maximum atomic E-state index is 4.92. The molecule has 0 saturated carbocycles. The summed E-state index contributed by atoms with van der Waals surface area (Å²) < 4.78 is 1.26. The lowest BCUT2D eigenvalue weighted by atomic mass is 10.0. The maximum absolute atomic E-state index is 4.92. The summed E-state index contributed by atoms with van der Waals surface area (Å²) in [6.07, 6.45) is 0. The fourth-order valence-corrected chi connectivity index (χ4v) is 4.17. The van der Waals surface area contributed by atoms with Gasteiger partial charge in [-0.3, -0.25) is 0 Å². The van der Waals surface area contributed by atoms with Crippen LogP contribution < -0.4 is 0 Å². The van der Waals surface area contributed by atoms with Crippen LogP contribution in [-0.2, 0) is 5.75 Å². The van der Waals surface area contributed by atoms with Gasteiger partial charge in [0.05, 0.1) is 11.2 Å². The molecular formula is C17H12INS. The van der Waals surface area contributed by atoms with Crippen LogP contribution in [0, 0.1) is 10.5 Å². The van der Waals surface area contributed by atoms with Gasteiger partial charge in [-0.05, 0) is 71.5 Å². The zero-order valence-electron chi connectivity index (χ0n) is 11.0. The van der Waals surface area contributed by atoms with E-state index < -0.39 is 0 Å². The number of nitrogens with zero attached hydrogens (tertiary/aromatic N) is 1. The molecule has 0 spiro atoms. The Balaban J connectivity index is 2.02. The SMILES string of the molecule is Cc1ccc2c(c1)-c1nc3ccc(I)cc3cc1CS2. The third-order valence-corrected chi connectivity index (χ3v) is 5.42. The molecule has 0 radical (unpaired) electrons. The van der Waals surface area contributed by atoms with Crippen molar-refractivity contribution >= 4 is 45.3 Å². The van der Waals surface area contributed by atoms with Crippen LogP contribution in [0.4, 0.5) is 0 Å². The minimum Gasteiger partial charge on any atom is -0.247 e. The van der Waals surface area contributed by atoms with Gasteiger partial charge in [0.2, 0.25) is 0 Å². The first-order valence-corrected chi connectivity index (χ1v) is 8.60. The molecule has 0 unspecified atom stereocenters. The highest BCUT2D eigenvalue weighted by Gasteiger charge is 2.18. The molecule has 1 aliphatic rings. The number of pyridine rings is 1. The number of hydrogen-bond acceptors (Lipinski definition) is 2. The van der Waals surface area contributed by atoms with E-state index >= 15 is 0 Å². The van der Waals surface area contributed by atoms with E-state index in [1.807, 2.05) is 11.8 Å². The Kier molecular flexibility index (Phi) is 3.00. The van der Waals surface area contributed by atoms with Gasteiger partial charge in [-0.25, -0.2) is 4.98 Å². The first kappa shape index (κ1) is 12.7. The van der Waals surface area contributed by atoms with Gasteiger partial charge in [0.15, 0.2) is 0 Å². The molecule has 1 aliphatic heterocycles. The minimum atomic E-state index is 1.01. The van der Waals surface area contributed by atoms with Crippen LogP contribution in [0.15, 0.2) is 47.4 Å². The van der Waals surface area contributed by atoms with Gasteiger partial charge >= 0.3 is 0 Å². The molecule has 0 atom stereocenters. The molecule has 3 aromatic rings. The number of aromatic nitrogens is 1. The first-order chi connectivity index (χ1) is 9.70. The van der Waals surface area contributed by atoms with Gasteiger partial charge in [0, 0.05) is 25.2 Å². The Morgan fingerprint density at radius 1 is 1.10 bits per heavy atom. The van der Waals surface area contributed by atoms with Crippen LogP contribution in [-0.4, -0.2) is 4.98 Å². The van der Waals surface area contributed by atoms with Crippen LogP contribution in [0.2, 0.25) is 0 Å². The lowest BCUT2D eigenvalue weighted by molar-refractivity contribution is 1.23. The average molecular weight is 389 g/mol. The lowest BCUT2D eigenvalue weighted by Gasteiger charge is -2.19. The van der Waals surface area contributed by atoms with Crippen molar-refractivity contribution in [1.29, 1.82) is 0 Å². The Morgan fingerprint density at radius 3 is 2.90 bits per heavy atom. The van der Waals surface area contributed by atoms with Crippen LogP contribution >= 0.6 is 34.4 Å². The van der Waals surface area contributed by atoms with E-state index in [9.17, 15) is 0 Å². The number of fused-ring (bicyclic) bond motifs is 4. The molecule has 2 aromatic carbocycles. The first-order valence-electron chi connectivity index (χ1n) is 6.54. The monoisotopic (exact) mass is 389 g/mol. The van der Waals surface area contributed by atoms with Crippen molar-refractivity contribution in [3.63, 3.8) is 0 Å². The standard InChI is InChI=1S/C17H12INS/c1-10-2-5-16-14(6-10)17-12(9-20-16)7-11-8-13(18)3-4-15(11)19-17/h2-8H,9H2,1H3. The quantitative estimate of drug-likeness (QED) is 0.476. The Hall–Kier alpha value is -1.07. The van der Waals surface area contributed by atoms with E-state index in [1.54, 1.807) is 0 Å². The van der Waals surface area contributed by atoms with Crippen LogP contribution in [0.3, 0.4) is 0 Å². The summed E-state index contributed by atoms with van der Waals surface area (Å²) in [6.45, 7) is 2.14. The summed E-state index contributed by atoms with van der Waals surface area (Å²) in [5, 5.41) is 1.24. The number of halogens is 1. The lowest BCUT2D eigenvalue weighted by Crippen LogP contribution is -2.00. The summed E-state index contributed by atoms with van der Waals surface area (Å²) in [7, 11) is 0. The molecular weight excluding hydrogens is 377 g/mol. The van der Waals surface area contributed by atoms with Crippen LogP contribution in [0.5, 0.6) is 0 Å². The summed E-state index contributed by atoms with van der Waals surface area (Å²) in [5.41, 5.74) is 6.18. The Labute approximate surface area is 135 Å². The molecule has 20 heavy (non-hydrogen) atoms. The van der Waals surface area contributed by atoms with Crippen molar-refractivity contribution in [2.24, 2.45) is 0 Å². The third-order valence-electron chi connectivity index (χ3n) is 3.63. The molecule has 0 N–H and O–H groups in total. The summed E-state index contributed by atoms with van der Waals surface area (Å²) >= 11 is 4.27. The number of benzene rings is 2. The topological polar surface area (TPSA) is 12.9 Å². The molecule has 1 aromatic heterocycles. The summed E-state index contributed by atoms with van der Waals surface area (Å²) in [4.78, 5) is 6.27. The van der Waals surface area contributed by atoms with Gasteiger partial charge in [-0.1, -0.05) is 11.6 Å². The predicted molar refractivity (Wildman–Crippen MR) is 94.2 cm³/mol. The average Bonchev–Trinajstić information content (AvgIpc) is 2.45.